The highest BCUT2D eigenvalue weighted by molar-refractivity contribution is 7.17. The van der Waals surface area contributed by atoms with Crippen LogP contribution in [0.25, 0.3) is 0 Å². The van der Waals surface area contributed by atoms with Gasteiger partial charge in [0.1, 0.15) is 10.8 Å². The summed E-state index contributed by atoms with van der Waals surface area (Å²) >= 11 is 1.55. The molecule has 1 fully saturated rings. The third-order valence-corrected chi connectivity index (χ3v) is 6.44. The van der Waals surface area contributed by atoms with E-state index in [0.29, 0.717) is 23.0 Å². The van der Waals surface area contributed by atoms with Gasteiger partial charge in [0, 0.05) is 17.3 Å². The van der Waals surface area contributed by atoms with Gasteiger partial charge in [0.2, 0.25) is 0 Å². The van der Waals surface area contributed by atoms with Gasteiger partial charge in [-0.05, 0) is 49.3 Å². The minimum Gasteiger partial charge on any atom is -0.480 e. The minimum atomic E-state index is -0.538. The van der Waals surface area contributed by atoms with E-state index in [9.17, 15) is 9.59 Å². The Morgan fingerprint density at radius 1 is 1.15 bits per heavy atom. The Bertz CT molecular complexity index is 875. The molecule has 0 unspecified atom stereocenters. The lowest BCUT2D eigenvalue weighted by Crippen LogP contribution is -2.32. The van der Waals surface area contributed by atoms with Gasteiger partial charge < -0.3 is 15.4 Å². The van der Waals surface area contributed by atoms with Gasteiger partial charge in [-0.15, -0.1) is 11.3 Å². The Hall–Kier alpha value is -2.34. The van der Waals surface area contributed by atoms with Crippen LogP contribution in [0, 0.1) is 0 Å². The molecular weight excluding hydrogens is 348 g/mol. The fourth-order valence-corrected chi connectivity index (χ4v) is 5.03. The topological polar surface area (TPSA) is 67.4 Å². The van der Waals surface area contributed by atoms with Crippen molar-refractivity contribution in [1.82, 2.24) is 5.32 Å². The van der Waals surface area contributed by atoms with E-state index < -0.39 is 6.10 Å². The van der Waals surface area contributed by atoms with Crippen molar-refractivity contribution in [1.29, 1.82) is 0 Å². The summed E-state index contributed by atoms with van der Waals surface area (Å²) in [5.74, 6) is 0.549. The second-order valence-electron chi connectivity index (χ2n) is 7.22. The number of nitrogens with one attached hydrogen (secondary N) is 2. The fourth-order valence-electron chi connectivity index (χ4n) is 3.74. The molecule has 1 aromatic carbocycles. The van der Waals surface area contributed by atoms with E-state index in [4.69, 9.17) is 4.74 Å². The Balaban J connectivity index is 1.37. The number of hydrogen-bond acceptors (Lipinski definition) is 4. The molecule has 5 nitrogen and oxygen atoms in total. The maximum atomic E-state index is 12.8. The molecule has 1 atom stereocenters. The van der Waals surface area contributed by atoms with Crippen molar-refractivity contribution in [3.05, 3.63) is 45.8 Å². The highest BCUT2D eigenvalue weighted by Gasteiger charge is 2.33. The van der Waals surface area contributed by atoms with Crippen LogP contribution in [0.5, 0.6) is 5.75 Å². The van der Waals surface area contributed by atoms with E-state index in [1.807, 2.05) is 24.3 Å². The second kappa shape index (κ2) is 6.13. The van der Waals surface area contributed by atoms with Gasteiger partial charge in [-0.1, -0.05) is 18.2 Å². The first-order chi connectivity index (χ1) is 12.7. The molecule has 1 aromatic heterocycles. The number of amides is 2. The van der Waals surface area contributed by atoms with E-state index >= 15 is 0 Å². The molecule has 0 bridgehead atoms. The van der Waals surface area contributed by atoms with Crippen molar-refractivity contribution in [2.75, 3.05) is 5.32 Å². The zero-order valence-corrected chi connectivity index (χ0v) is 15.2. The molecule has 3 aliphatic rings. The van der Waals surface area contributed by atoms with Crippen molar-refractivity contribution < 1.29 is 14.3 Å². The molecule has 5 rings (SSSR count). The van der Waals surface area contributed by atoms with Crippen molar-refractivity contribution in [3.8, 4) is 5.75 Å². The number of anilines is 1. The molecule has 0 saturated heterocycles. The largest absolute Gasteiger partial charge is 0.480 e. The van der Waals surface area contributed by atoms with Crippen molar-refractivity contribution >= 4 is 28.2 Å². The number of para-hydroxylation sites is 1. The summed E-state index contributed by atoms with van der Waals surface area (Å²) in [7, 11) is 0. The fraction of sp³-hybridized carbons (Fsp3) is 0.400. The SMILES string of the molecule is O=C(NC1CC1)c1c(NC(=O)[C@H]2Cc3ccccc3O2)sc2c1CCC2. The summed E-state index contributed by atoms with van der Waals surface area (Å²) in [6.45, 7) is 0. The Kier molecular flexibility index (Phi) is 3.74. The number of rotatable bonds is 4. The van der Waals surface area contributed by atoms with E-state index in [-0.39, 0.29) is 11.8 Å². The van der Waals surface area contributed by atoms with Gasteiger partial charge >= 0.3 is 0 Å². The van der Waals surface area contributed by atoms with Gasteiger partial charge in [0.05, 0.1) is 5.56 Å². The Morgan fingerprint density at radius 2 is 2.00 bits per heavy atom. The lowest BCUT2D eigenvalue weighted by molar-refractivity contribution is -0.122. The lowest BCUT2D eigenvalue weighted by Gasteiger charge is -2.12. The predicted molar refractivity (Wildman–Crippen MR) is 100 cm³/mol. The van der Waals surface area contributed by atoms with Gasteiger partial charge in [0.25, 0.3) is 11.8 Å². The summed E-state index contributed by atoms with van der Waals surface area (Å²) in [5, 5.41) is 6.73. The number of carbonyl (C=O) groups excluding carboxylic acids is 2. The number of thiophene rings is 1. The molecule has 2 aromatic rings. The molecule has 0 radical (unpaired) electrons. The van der Waals surface area contributed by atoms with Crippen LogP contribution in [0.1, 0.15) is 45.6 Å². The first kappa shape index (κ1) is 15.9. The van der Waals surface area contributed by atoms with Crippen LogP contribution in [0.3, 0.4) is 0 Å². The van der Waals surface area contributed by atoms with E-state index in [1.165, 1.54) is 4.88 Å². The van der Waals surface area contributed by atoms with Crippen LogP contribution in [0.15, 0.2) is 24.3 Å². The standard InChI is InChI=1S/C20H20N2O3S/c23-18(15-10-11-4-1-2-6-14(11)25-15)22-20-17(19(24)21-12-8-9-12)13-5-3-7-16(13)26-20/h1-2,4,6,12,15H,3,5,7-10H2,(H,21,24)(H,22,23)/t15-/m1/s1. The molecular formula is C20H20N2O3S. The minimum absolute atomic E-state index is 0.0437. The number of ether oxygens (including phenoxy) is 1. The summed E-state index contributed by atoms with van der Waals surface area (Å²) in [6.07, 6.45) is 5.12. The molecule has 2 N–H and O–H groups in total. The first-order valence-corrected chi connectivity index (χ1v) is 10.0. The van der Waals surface area contributed by atoms with Crippen LogP contribution < -0.4 is 15.4 Å². The van der Waals surface area contributed by atoms with Crippen LogP contribution >= 0.6 is 11.3 Å². The van der Waals surface area contributed by atoms with Crippen molar-refractivity contribution in [3.63, 3.8) is 0 Å². The molecule has 0 spiro atoms. The molecule has 26 heavy (non-hydrogen) atoms. The van der Waals surface area contributed by atoms with Crippen LogP contribution in [0.2, 0.25) is 0 Å². The van der Waals surface area contributed by atoms with Gasteiger partial charge in [-0.2, -0.15) is 0 Å². The van der Waals surface area contributed by atoms with E-state index in [0.717, 1.165) is 49.0 Å². The van der Waals surface area contributed by atoms with E-state index in [1.54, 1.807) is 11.3 Å². The summed E-state index contributed by atoms with van der Waals surface area (Å²) in [6, 6.07) is 8.03. The second-order valence-corrected chi connectivity index (χ2v) is 8.32. The van der Waals surface area contributed by atoms with Crippen LogP contribution in [-0.4, -0.2) is 24.0 Å². The molecule has 134 valence electrons. The lowest BCUT2D eigenvalue weighted by atomic mass is 10.1. The normalized spacial score (nSPS) is 20.2. The average molecular weight is 368 g/mol. The van der Waals surface area contributed by atoms with Crippen molar-refractivity contribution in [2.24, 2.45) is 0 Å². The molecule has 1 saturated carbocycles. The molecule has 2 aliphatic carbocycles. The number of carbonyl (C=O) groups is 2. The third kappa shape index (κ3) is 2.78. The van der Waals surface area contributed by atoms with Gasteiger partial charge in [-0.25, -0.2) is 0 Å². The molecule has 1 aliphatic heterocycles. The number of benzene rings is 1. The third-order valence-electron chi connectivity index (χ3n) is 5.24. The molecule has 6 heteroatoms. The monoisotopic (exact) mass is 368 g/mol. The van der Waals surface area contributed by atoms with Crippen LogP contribution in [-0.2, 0) is 24.1 Å². The average Bonchev–Trinajstić information content (AvgIpc) is 3.05. The Labute approximate surface area is 155 Å². The smallest absolute Gasteiger partial charge is 0.266 e. The van der Waals surface area contributed by atoms with Gasteiger partial charge in [0.15, 0.2) is 6.10 Å². The molecule has 2 heterocycles. The summed E-state index contributed by atoms with van der Waals surface area (Å²) < 4.78 is 5.79. The zero-order valence-electron chi connectivity index (χ0n) is 14.3. The first-order valence-electron chi connectivity index (χ1n) is 9.20. The maximum Gasteiger partial charge on any atom is 0.266 e. The Morgan fingerprint density at radius 3 is 2.81 bits per heavy atom. The number of fused-ring (bicyclic) bond motifs is 2. The van der Waals surface area contributed by atoms with Gasteiger partial charge in [-0.3, -0.25) is 9.59 Å². The molecule has 2 amide bonds. The van der Waals surface area contributed by atoms with Crippen LogP contribution in [0.4, 0.5) is 5.00 Å². The van der Waals surface area contributed by atoms with Crippen molar-refractivity contribution in [2.45, 2.75) is 50.7 Å². The highest BCUT2D eigenvalue weighted by Crippen LogP contribution is 2.40. The number of aryl methyl sites for hydroxylation is 1. The van der Waals surface area contributed by atoms with E-state index in [2.05, 4.69) is 10.6 Å². The highest BCUT2D eigenvalue weighted by atomic mass is 32.1. The summed E-state index contributed by atoms with van der Waals surface area (Å²) in [5.41, 5.74) is 2.85. The number of hydrogen-bond donors (Lipinski definition) is 2. The summed E-state index contributed by atoms with van der Waals surface area (Å²) in [4.78, 5) is 26.7. The quantitative estimate of drug-likeness (QED) is 0.872. The predicted octanol–water partition coefficient (Wildman–Crippen LogP) is 3.07. The maximum absolute atomic E-state index is 12.8. The zero-order chi connectivity index (χ0) is 17.7.